The molecular weight excluding hydrogens is 304 g/mol. The summed E-state index contributed by atoms with van der Waals surface area (Å²) in [6.07, 6.45) is 0. The van der Waals surface area contributed by atoms with Crippen molar-refractivity contribution in [3.8, 4) is 22.6 Å². The average Bonchev–Trinajstić information content (AvgIpc) is 2.62. The molecule has 4 nitrogen and oxygen atoms in total. The Kier molecular flexibility index (Phi) is 3.35. The summed E-state index contributed by atoms with van der Waals surface area (Å²) >= 11 is 0. The molecule has 0 bridgehead atoms. The van der Waals surface area contributed by atoms with E-state index in [2.05, 4.69) is 0 Å². The molecule has 2 aromatic carbocycles. The summed E-state index contributed by atoms with van der Waals surface area (Å²) in [6.45, 7) is 0. The van der Waals surface area contributed by atoms with Crippen molar-refractivity contribution in [2.45, 2.75) is 0 Å². The van der Waals surface area contributed by atoms with Gasteiger partial charge in [0.1, 0.15) is 11.5 Å². The van der Waals surface area contributed by atoms with Gasteiger partial charge in [0, 0.05) is 16.5 Å². The van der Waals surface area contributed by atoms with E-state index in [0.29, 0.717) is 16.9 Å². The van der Waals surface area contributed by atoms with Gasteiger partial charge in [-0.2, -0.15) is 0 Å². The van der Waals surface area contributed by atoms with Gasteiger partial charge in [-0.3, -0.25) is 0 Å². The van der Waals surface area contributed by atoms with E-state index in [0.717, 1.165) is 11.1 Å². The van der Waals surface area contributed by atoms with Gasteiger partial charge in [0.2, 0.25) is 0 Å². The van der Waals surface area contributed by atoms with Gasteiger partial charge in [-0.15, -0.1) is 0 Å². The van der Waals surface area contributed by atoms with Crippen molar-refractivity contribution in [2.24, 2.45) is 0 Å². The molecule has 116 valence electrons. The van der Waals surface area contributed by atoms with Crippen LogP contribution in [0.25, 0.3) is 33.4 Å². The largest absolute Gasteiger partial charge is 0.422 e. The van der Waals surface area contributed by atoms with Crippen LogP contribution in [0.4, 0.5) is 0 Å². The van der Waals surface area contributed by atoms with Crippen LogP contribution >= 0.6 is 0 Å². The summed E-state index contributed by atoms with van der Waals surface area (Å²) in [5, 5.41) is 0.426. The number of fused-ring (bicyclic) bond motifs is 1. The highest BCUT2D eigenvalue weighted by atomic mass is 16.4. The standard InChI is InChI=1S/C20H12O4/c21-19-18-15(11-16(23-19)13-7-3-1-4-8-13)12-17(24-20(18)22)14-9-5-2-6-10-14/h1-12H. The first-order chi connectivity index (χ1) is 11.7. The molecule has 2 heterocycles. The van der Waals surface area contributed by atoms with Crippen molar-refractivity contribution in [3.05, 3.63) is 93.6 Å². The molecule has 0 amide bonds. The Morgan fingerprint density at radius 3 is 1.42 bits per heavy atom. The summed E-state index contributed by atoms with van der Waals surface area (Å²) in [5.74, 6) is 0.829. The maximum Gasteiger partial charge on any atom is 0.351 e. The molecule has 4 heteroatoms. The second-order valence-electron chi connectivity index (χ2n) is 5.36. The molecule has 0 atom stereocenters. The summed E-state index contributed by atoms with van der Waals surface area (Å²) < 4.78 is 10.6. The van der Waals surface area contributed by atoms with Gasteiger partial charge in [0.15, 0.2) is 5.39 Å². The minimum absolute atomic E-state index is 0.0747. The van der Waals surface area contributed by atoms with Crippen LogP contribution in [0.3, 0.4) is 0 Å². The van der Waals surface area contributed by atoms with E-state index in [1.54, 1.807) is 12.1 Å². The third-order valence-electron chi connectivity index (χ3n) is 3.79. The molecule has 0 aliphatic rings. The molecule has 4 aromatic rings. The van der Waals surface area contributed by atoms with E-state index in [-0.39, 0.29) is 5.39 Å². The van der Waals surface area contributed by atoms with Crippen LogP contribution < -0.4 is 11.3 Å². The van der Waals surface area contributed by atoms with Crippen molar-refractivity contribution in [2.75, 3.05) is 0 Å². The first kappa shape index (κ1) is 14.2. The molecule has 4 rings (SSSR count). The van der Waals surface area contributed by atoms with Crippen LogP contribution in [0.5, 0.6) is 0 Å². The Balaban J connectivity index is 1.99. The quantitative estimate of drug-likeness (QED) is 0.559. The third-order valence-corrected chi connectivity index (χ3v) is 3.79. The van der Waals surface area contributed by atoms with Gasteiger partial charge in [-0.1, -0.05) is 60.7 Å². The first-order valence-corrected chi connectivity index (χ1v) is 7.45. The normalized spacial score (nSPS) is 10.8. The fourth-order valence-electron chi connectivity index (χ4n) is 2.64. The molecule has 2 aromatic heterocycles. The Hall–Kier alpha value is -3.40. The van der Waals surface area contributed by atoms with Gasteiger partial charge < -0.3 is 8.83 Å². The number of benzene rings is 2. The maximum absolute atomic E-state index is 12.2. The fourth-order valence-corrected chi connectivity index (χ4v) is 2.64. The Morgan fingerprint density at radius 1 is 0.583 bits per heavy atom. The lowest BCUT2D eigenvalue weighted by Gasteiger charge is -2.04. The lowest BCUT2D eigenvalue weighted by molar-refractivity contribution is 0.512. The highest BCUT2D eigenvalue weighted by Crippen LogP contribution is 2.24. The molecule has 0 saturated heterocycles. The van der Waals surface area contributed by atoms with E-state index < -0.39 is 11.3 Å². The molecule has 24 heavy (non-hydrogen) atoms. The predicted octanol–water partition coefficient (Wildman–Crippen LogP) is 4.08. The van der Waals surface area contributed by atoms with Gasteiger partial charge in [0.05, 0.1) is 0 Å². The summed E-state index contributed by atoms with van der Waals surface area (Å²) in [6, 6.07) is 21.9. The summed E-state index contributed by atoms with van der Waals surface area (Å²) in [5.41, 5.74) is 0.149. The SMILES string of the molecule is O=c1oc(-c2ccccc2)cc2cc(-c3ccccc3)oc(=O)c12. The minimum Gasteiger partial charge on any atom is -0.422 e. The molecule has 0 unspecified atom stereocenters. The monoisotopic (exact) mass is 316 g/mol. The molecule has 0 aliphatic carbocycles. The zero-order valence-electron chi connectivity index (χ0n) is 12.6. The Morgan fingerprint density at radius 2 is 1.00 bits per heavy atom. The number of hydrogen-bond donors (Lipinski definition) is 0. The van der Waals surface area contributed by atoms with Crippen LogP contribution in [0, 0.1) is 0 Å². The number of hydrogen-bond acceptors (Lipinski definition) is 4. The fraction of sp³-hybridized carbons (Fsp3) is 0. The molecule has 0 radical (unpaired) electrons. The predicted molar refractivity (Wildman–Crippen MR) is 91.9 cm³/mol. The van der Waals surface area contributed by atoms with E-state index in [9.17, 15) is 9.59 Å². The smallest absolute Gasteiger partial charge is 0.351 e. The van der Waals surface area contributed by atoms with Crippen molar-refractivity contribution >= 4 is 10.8 Å². The van der Waals surface area contributed by atoms with Gasteiger partial charge in [-0.25, -0.2) is 9.59 Å². The van der Waals surface area contributed by atoms with Crippen molar-refractivity contribution in [1.29, 1.82) is 0 Å². The van der Waals surface area contributed by atoms with Crippen LogP contribution in [0.15, 0.2) is 91.2 Å². The third kappa shape index (κ3) is 2.44. The lowest BCUT2D eigenvalue weighted by atomic mass is 10.1. The van der Waals surface area contributed by atoms with Crippen LogP contribution in [-0.4, -0.2) is 0 Å². The van der Waals surface area contributed by atoms with E-state index in [1.165, 1.54) is 0 Å². The first-order valence-electron chi connectivity index (χ1n) is 7.45. The molecule has 0 spiro atoms. The average molecular weight is 316 g/mol. The van der Waals surface area contributed by atoms with E-state index >= 15 is 0 Å². The lowest BCUT2D eigenvalue weighted by Crippen LogP contribution is -2.12. The zero-order chi connectivity index (χ0) is 16.5. The molecular formula is C20H12O4. The van der Waals surface area contributed by atoms with Crippen molar-refractivity contribution < 1.29 is 8.83 Å². The van der Waals surface area contributed by atoms with Crippen molar-refractivity contribution in [1.82, 2.24) is 0 Å². The topological polar surface area (TPSA) is 60.4 Å². The summed E-state index contributed by atoms with van der Waals surface area (Å²) in [4.78, 5) is 24.4. The second-order valence-corrected chi connectivity index (χ2v) is 5.36. The highest BCUT2D eigenvalue weighted by Gasteiger charge is 2.13. The second kappa shape index (κ2) is 5.66. The van der Waals surface area contributed by atoms with E-state index in [1.807, 2.05) is 60.7 Å². The van der Waals surface area contributed by atoms with E-state index in [4.69, 9.17) is 8.83 Å². The Labute approximate surface area is 136 Å². The minimum atomic E-state index is -0.695. The van der Waals surface area contributed by atoms with Crippen LogP contribution in [0.2, 0.25) is 0 Å². The van der Waals surface area contributed by atoms with Crippen LogP contribution in [0.1, 0.15) is 0 Å². The zero-order valence-corrected chi connectivity index (χ0v) is 12.6. The molecule has 0 aliphatic heterocycles. The Bertz CT molecular complexity index is 1030. The highest BCUT2D eigenvalue weighted by molar-refractivity contribution is 5.85. The molecule has 0 N–H and O–H groups in total. The van der Waals surface area contributed by atoms with Crippen molar-refractivity contribution in [3.63, 3.8) is 0 Å². The van der Waals surface area contributed by atoms with Crippen LogP contribution in [-0.2, 0) is 0 Å². The van der Waals surface area contributed by atoms with Gasteiger partial charge in [0.25, 0.3) is 0 Å². The van der Waals surface area contributed by atoms with Gasteiger partial charge >= 0.3 is 11.3 Å². The molecule has 0 saturated carbocycles. The maximum atomic E-state index is 12.2. The number of rotatable bonds is 2. The van der Waals surface area contributed by atoms with Gasteiger partial charge in [-0.05, 0) is 12.1 Å². The summed E-state index contributed by atoms with van der Waals surface area (Å²) in [7, 11) is 0. The molecule has 0 fully saturated rings.